The number of carboxylic acid groups (broad SMARTS) is 1. The molecule has 3 nitrogen and oxygen atoms in total. The highest BCUT2D eigenvalue weighted by molar-refractivity contribution is 5.67. The number of carboxylic acids is 1. The predicted molar refractivity (Wildman–Crippen MR) is 78.5 cm³/mol. The fourth-order valence-corrected chi connectivity index (χ4v) is 2.09. The van der Waals surface area contributed by atoms with Gasteiger partial charge in [0.2, 0.25) is 0 Å². The van der Waals surface area contributed by atoms with Gasteiger partial charge in [0.1, 0.15) is 0 Å². The number of aliphatic hydroxyl groups excluding tert-OH is 1. The molecule has 0 fully saturated rings. The average molecular weight is 270 g/mol. The highest BCUT2D eigenvalue weighted by atomic mass is 16.4. The molecule has 0 spiro atoms. The summed E-state index contributed by atoms with van der Waals surface area (Å²) in [6.45, 7) is 1.74. The summed E-state index contributed by atoms with van der Waals surface area (Å²) < 4.78 is 0. The second-order valence-corrected chi connectivity index (χ2v) is 4.89. The molecule has 3 heteroatoms. The van der Waals surface area contributed by atoms with Crippen LogP contribution in [0.2, 0.25) is 0 Å². The molecule has 1 atom stereocenters. The van der Waals surface area contributed by atoms with Gasteiger partial charge in [-0.15, -0.1) is 0 Å². The Morgan fingerprint density at radius 1 is 1.10 bits per heavy atom. The molecule has 0 bridgehead atoms. The van der Waals surface area contributed by atoms with Gasteiger partial charge in [-0.1, -0.05) is 42.5 Å². The van der Waals surface area contributed by atoms with Crippen molar-refractivity contribution in [3.8, 4) is 11.1 Å². The Morgan fingerprint density at radius 3 is 2.40 bits per heavy atom. The van der Waals surface area contributed by atoms with Crippen LogP contribution < -0.4 is 0 Å². The van der Waals surface area contributed by atoms with Gasteiger partial charge in [-0.3, -0.25) is 4.79 Å². The Hall–Kier alpha value is -2.13. The Kier molecular flexibility index (Phi) is 4.53. The van der Waals surface area contributed by atoms with Gasteiger partial charge in [0.15, 0.2) is 0 Å². The first-order valence-corrected chi connectivity index (χ1v) is 6.65. The van der Waals surface area contributed by atoms with Gasteiger partial charge in [-0.25, -0.2) is 0 Å². The maximum Gasteiger partial charge on any atom is 0.303 e. The number of aryl methyl sites for hydroxylation is 1. The lowest BCUT2D eigenvalue weighted by Crippen LogP contribution is -1.97. The molecule has 0 aliphatic rings. The lowest BCUT2D eigenvalue weighted by molar-refractivity contribution is -0.136. The van der Waals surface area contributed by atoms with Crippen LogP contribution in [0.4, 0.5) is 0 Å². The first kappa shape index (κ1) is 14.3. The van der Waals surface area contributed by atoms with E-state index in [1.165, 1.54) is 0 Å². The minimum absolute atomic E-state index is 0.150. The molecule has 0 heterocycles. The van der Waals surface area contributed by atoms with Gasteiger partial charge in [-0.2, -0.15) is 0 Å². The molecule has 20 heavy (non-hydrogen) atoms. The summed E-state index contributed by atoms with van der Waals surface area (Å²) in [5, 5.41) is 18.3. The summed E-state index contributed by atoms with van der Waals surface area (Å²) in [4.78, 5) is 10.5. The molecule has 2 rings (SSSR count). The quantitative estimate of drug-likeness (QED) is 0.875. The van der Waals surface area contributed by atoms with Crippen molar-refractivity contribution in [2.24, 2.45) is 0 Å². The third-order valence-corrected chi connectivity index (χ3v) is 3.28. The topological polar surface area (TPSA) is 57.5 Å². The van der Waals surface area contributed by atoms with Crippen LogP contribution >= 0.6 is 0 Å². The molecule has 0 radical (unpaired) electrons. The SMILES string of the molecule is C[C@@H](O)c1cccc(-c2ccc(CCC(=O)O)cc2)c1. The van der Waals surface area contributed by atoms with Crippen molar-refractivity contribution in [1.82, 2.24) is 0 Å². The van der Waals surface area contributed by atoms with E-state index in [0.717, 1.165) is 22.3 Å². The van der Waals surface area contributed by atoms with Crippen LogP contribution in [0.25, 0.3) is 11.1 Å². The zero-order chi connectivity index (χ0) is 14.5. The number of carbonyl (C=O) groups is 1. The summed E-state index contributed by atoms with van der Waals surface area (Å²) in [7, 11) is 0. The Morgan fingerprint density at radius 2 is 1.80 bits per heavy atom. The first-order chi connectivity index (χ1) is 9.56. The van der Waals surface area contributed by atoms with Crippen LogP contribution in [0, 0.1) is 0 Å². The van der Waals surface area contributed by atoms with Gasteiger partial charge in [0, 0.05) is 6.42 Å². The van der Waals surface area contributed by atoms with E-state index < -0.39 is 12.1 Å². The molecule has 104 valence electrons. The van der Waals surface area contributed by atoms with Crippen LogP contribution in [0.1, 0.15) is 30.6 Å². The fraction of sp³-hybridized carbons (Fsp3) is 0.235. The van der Waals surface area contributed by atoms with Crippen molar-refractivity contribution in [2.75, 3.05) is 0 Å². The number of benzene rings is 2. The van der Waals surface area contributed by atoms with Gasteiger partial charge in [0.05, 0.1) is 6.10 Å². The van der Waals surface area contributed by atoms with Crippen molar-refractivity contribution in [3.63, 3.8) is 0 Å². The van der Waals surface area contributed by atoms with E-state index in [4.69, 9.17) is 5.11 Å². The van der Waals surface area contributed by atoms with Crippen LogP contribution in [0.5, 0.6) is 0 Å². The summed E-state index contributed by atoms with van der Waals surface area (Å²) in [5.74, 6) is -0.779. The number of hydrogen-bond acceptors (Lipinski definition) is 2. The van der Waals surface area contributed by atoms with Crippen molar-refractivity contribution in [1.29, 1.82) is 0 Å². The molecule has 2 N–H and O–H groups in total. The molecule has 2 aromatic carbocycles. The third-order valence-electron chi connectivity index (χ3n) is 3.28. The van der Waals surface area contributed by atoms with E-state index in [-0.39, 0.29) is 6.42 Å². The van der Waals surface area contributed by atoms with Crippen molar-refractivity contribution < 1.29 is 15.0 Å². The molecular weight excluding hydrogens is 252 g/mol. The molecule has 2 aromatic rings. The lowest BCUT2D eigenvalue weighted by Gasteiger charge is -2.08. The van der Waals surface area contributed by atoms with Gasteiger partial charge in [-0.05, 0) is 41.7 Å². The van der Waals surface area contributed by atoms with E-state index in [1.807, 2.05) is 48.5 Å². The van der Waals surface area contributed by atoms with E-state index >= 15 is 0 Å². The number of aliphatic hydroxyl groups is 1. The largest absolute Gasteiger partial charge is 0.481 e. The van der Waals surface area contributed by atoms with E-state index in [1.54, 1.807) is 6.92 Å². The Labute approximate surface area is 118 Å². The second-order valence-electron chi connectivity index (χ2n) is 4.89. The molecular formula is C17H18O3. The maximum atomic E-state index is 10.5. The summed E-state index contributed by atoms with van der Waals surface area (Å²) >= 11 is 0. The third kappa shape index (κ3) is 3.68. The molecule has 0 saturated heterocycles. The number of hydrogen-bond donors (Lipinski definition) is 2. The van der Waals surface area contributed by atoms with Crippen LogP contribution in [-0.4, -0.2) is 16.2 Å². The number of aliphatic carboxylic acids is 1. The normalized spacial score (nSPS) is 12.1. The Bertz CT molecular complexity index is 585. The van der Waals surface area contributed by atoms with Gasteiger partial charge < -0.3 is 10.2 Å². The summed E-state index contributed by atoms with van der Waals surface area (Å²) in [6, 6.07) is 15.7. The lowest BCUT2D eigenvalue weighted by atomic mass is 9.99. The van der Waals surface area contributed by atoms with Crippen molar-refractivity contribution in [3.05, 3.63) is 59.7 Å². The minimum atomic E-state index is -0.779. The average Bonchev–Trinajstić information content (AvgIpc) is 2.46. The van der Waals surface area contributed by atoms with Crippen LogP contribution in [0.3, 0.4) is 0 Å². The van der Waals surface area contributed by atoms with E-state index in [2.05, 4.69) is 0 Å². The Balaban J connectivity index is 2.17. The minimum Gasteiger partial charge on any atom is -0.481 e. The van der Waals surface area contributed by atoms with Crippen LogP contribution in [-0.2, 0) is 11.2 Å². The molecule has 0 aromatic heterocycles. The highest BCUT2D eigenvalue weighted by Gasteiger charge is 2.04. The predicted octanol–water partition coefficient (Wildman–Crippen LogP) is 3.42. The van der Waals surface area contributed by atoms with E-state index in [0.29, 0.717) is 6.42 Å². The first-order valence-electron chi connectivity index (χ1n) is 6.65. The summed E-state index contributed by atoms with van der Waals surface area (Å²) in [6.07, 6.45) is 0.213. The maximum absolute atomic E-state index is 10.5. The molecule has 0 amide bonds. The van der Waals surface area contributed by atoms with E-state index in [9.17, 15) is 9.90 Å². The molecule has 0 aliphatic heterocycles. The molecule has 0 saturated carbocycles. The summed E-state index contributed by atoms with van der Waals surface area (Å²) in [5.41, 5.74) is 4.01. The standard InChI is InChI=1S/C17H18O3/c1-12(18)15-3-2-4-16(11-15)14-8-5-13(6-9-14)7-10-17(19)20/h2-6,8-9,11-12,18H,7,10H2,1H3,(H,19,20)/t12-/m1/s1. The van der Waals surface area contributed by atoms with Gasteiger partial charge >= 0.3 is 5.97 Å². The zero-order valence-corrected chi connectivity index (χ0v) is 11.4. The number of rotatable bonds is 5. The molecule has 0 unspecified atom stereocenters. The zero-order valence-electron chi connectivity index (χ0n) is 11.4. The highest BCUT2D eigenvalue weighted by Crippen LogP contribution is 2.23. The second kappa shape index (κ2) is 6.35. The van der Waals surface area contributed by atoms with Crippen molar-refractivity contribution in [2.45, 2.75) is 25.9 Å². The van der Waals surface area contributed by atoms with Crippen LogP contribution in [0.15, 0.2) is 48.5 Å². The fourth-order valence-electron chi connectivity index (χ4n) is 2.09. The monoisotopic (exact) mass is 270 g/mol. The molecule has 0 aliphatic carbocycles. The smallest absolute Gasteiger partial charge is 0.303 e. The van der Waals surface area contributed by atoms with Crippen molar-refractivity contribution >= 4 is 5.97 Å². The van der Waals surface area contributed by atoms with Gasteiger partial charge in [0.25, 0.3) is 0 Å².